The summed E-state index contributed by atoms with van der Waals surface area (Å²) in [5.41, 5.74) is 2.23. The van der Waals surface area contributed by atoms with Gasteiger partial charge in [0.15, 0.2) is 0 Å². The largest absolute Gasteiger partial charge is 0.378 e. The topological polar surface area (TPSA) is 49.9 Å². The van der Waals surface area contributed by atoms with E-state index in [4.69, 9.17) is 4.74 Å². The molecule has 130 valence electrons. The molecule has 0 radical (unpaired) electrons. The summed E-state index contributed by atoms with van der Waals surface area (Å²) in [6, 6.07) is 7.94. The minimum absolute atomic E-state index is 0.150. The lowest BCUT2D eigenvalue weighted by atomic mass is 9.81. The summed E-state index contributed by atoms with van der Waals surface area (Å²) in [6.07, 6.45) is 1.08. The Morgan fingerprint density at radius 3 is 2.62 bits per heavy atom. The van der Waals surface area contributed by atoms with E-state index in [1.807, 2.05) is 28.9 Å². The predicted molar refractivity (Wildman–Crippen MR) is 91.4 cm³/mol. The first kappa shape index (κ1) is 17.0. The Morgan fingerprint density at radius 2 is 1.96 bits per heavy atom. The van der Waals surface area contributed by atoms with Crippen molar-refractivity contribution in [2.24, 2.45) is 5.92 Å². The second-order valence-corrected chi connectivity index (χ2v) is 6.56. The Labute approximate surface area is 143 Å². The molecule has 0 spiro atoms. The SMILES string of the molecule is CCN1C(=O)CC[C@@H](C(=O)N2CCOCC2)[C@@H]1c1ccccc1C. The third kappa shape index (κ3) is 3.18. The van der Waals surface area contributed by atoms with Gasteiger partial charge in [0.2, 0.25) is 11.8 Å². The molecule has 2 saturated heterocycles. The van der Waals surface area contributed by atoms with Crippen LogP contribution in [0.5, 0.6) is 0 Å². The van der Waals surface area contributed by atoms with E-state index in [2.05, 4.69) is 19.1 Å². The van der Waals surface area contributed by atoms with E-state index in [9.17, 15) is 9.59 Å². The van der Waals surface area contributed by atoms with Crippen LogP contribution < -0.4 is 0 Å². The van der Waals surface area contributed by atoms with Crippen LogP contribution >= 0.6 is 0 Å². The number of likely N-dealkylation sites (tertiary alicyclic amines) is 1. The highest BCUT2D eigenvalue weighted by Gasteiger charge is 2.42. The molecule has 0 N–H and O–H groups in total. The van der Waals surface area contributed by atoms with Crippen molar-refractivity contribution in [1.82, 2.24) is 9.80 Å². The number of carbonyl (C=O) groups excluding carboxylic acids is 2. The monoisotopic (exact) mass is 330 g/mol. The van der Waals surface area contributed by atoms with Crippen molar-refractivity contribution in [2.75, 3.05) is 32.8 Å². The Balaban J connectivity index is 1.94. The normalized spacial score (nSPS) is 25.0. The first-order valence-electron chi connectivity index (χ1n) is 8.85. The molecule has 2 heterocycles. The van der Waals surface area contributed by atoms with Crippen LogP contribution in [0.25, 0.3) is 0 Å². The summed E-state index contributed by atoms with van der Waals surface area (Å²) in [5, 5.41) is 0. The van der Waals surface area contributed by atoms with Gasteiger partial charge in [0.05, 0.1) is 25.2 Å². The molecule has 0 aliphatic carbocycles. The average molecular weight is 330 g/mol. The quantitative estimate of drug-likeness (QED) is 0.853. The van der Waals surface area contributed by atoms with Crippen molar-refractivity contribution in [3.63, 3.8) is 0 Å². The fourth-order valence-corrected chi connectivity index (χ4v) is 3.91. The number of hydrogen-bond acceptors (Lipinski definition) is 3. The number of nitrogens with zero attached hydrogens (tertiary/aromatic N) is 2. The number of morpholine rings is 1. The lowest BCUT2D eigenvalue weighted by molar-refractivity contribution is -0.150. The lowest BCUT2D eigenvalue weighted by Crippen LogP contribution is -2.51. The molecule has 24 heavy (non-hydrogen) atoms. The minimum atomic E-state index is -0.165. The zero-order valence-electron chi connectivity index (χ0n) is 14.5. The van der Waals surface area contributed by atoms with Crippen molar-refractivity contribution in [1.29, 1.82) is 0 Å². The Bertz CT molecular complexity index is 610. The molecule has 5 heteroatoms. The zero-order chi connectivity index (χ0) is 17.1. The molecule has 3 rings (SSSR count). The van der Waals surface area contributed by atoms with Gasteiger partial charge >= 0.3 is 0 Å². The van der Waals surface area contributed by atoms with Crippen LogP contribution in [0.4, 0.5) is 0 Å². The van der Waals surface area contributed by atoms with Crippen molar-refractivity contribution in [2.45, 2.75) is 32.7 Å². The van der Waals surface area contributed by atoms with Crippen LogP contribution in [-0.2, 0) is 14.3 Å². The maximum Gasteiger partial charge on any atom is 0.228 e. The first-order valence-corrected chi connectivity index (χ1v) is 8.85. The number of carbonyl (C=O) groups is 2. The molecule has 0 unspecified atom stereocenters. The van der Waals surface area contributed by atoms with Crippen molar-refractivity contribution < 1.29 is 14.3 Å². The number of ether oxygens (including phenoxy) is 1. The highest BCUT2D eigenvalue weighted by Crippen LogP contribution is 2.39. The third-order valence-corrected chi connectivity index (χ3v) is 5.19. The second-order valence-electron chi connectivity index (χ2n) is 6.56. The molecule has 1 aromatic rings. The van der Waals surface area contributed by atoms with Gasteiger partial charge in [0, 0.05) is 26.1 Å². The molecule has 0 aromatic heterocycles. The van der Waals surface area contributed by atoms with E-state index < -0.39 is 0 Å². The molecule has 2 aliphatic heterocycles. The lowest BCUT2D eigenvalue weighted by Gasteiger charge is -2.43. The summed E-state index contributed by atoms with van der Waals surface area (Å²) in [4.78, 5) is 29.4. The average Bonchev–Trinajstić information content (AvgIpc) is 2.62. The number of rotatable bonds is 3. The number of piperidine rings is 1. The van der Waals surface area contributed by atoms with E-state index in [1.165, 1.54) is 0 Å². The van der Waals surface area contributed by atoms with Gasteiger partial charge in [-0.25, -0.2) is 0 Å². The van der Waals surface area contributed by atoms with Gasteiger partial charge in [0.25, 0.3) is 0 Å². The number of hydrogen-bond donors (Lipinski definition) is 0. The molecule has 1 aromatic carbocycles. The number of amides is 2. The first-order chi connectivity index (χ1) is 11.6. The van der Waals surface area contributed by atoms with E-state index in [0.717, 1.165) is 11.1 Å². The maximum atomic E-state index is 13.1. The van der Waals surface area contributed by atoms with E-state index >= 15 is 0 Å². The fourth-order valence-electron chi connectivity index (χ4n) is 3.91. The zero-order valence-corrected chi connectivity index (χ0v) is 14.5. The molecular formula is C19H26N2O3. The van der Waals surface area contributed by atoms with Gasteiger partial charge in [-0.3, -0.25) is 9.59 Å². The fraction of sp³-hybridized carbons (Fsp3) is 0.579. The van der Waals surface area contributed by atoms with Gasteiger partial charge in [-0.1, -0.05) is 24.3 Å². The van der Waals surface area contributed by atoms with Crippen molar-refractivity contribution in [3.05, 3.63) is 35.4 Å². The maximum absolute atomic E-state index is 13.1. The molecule has 2 atom stereocenters. The van der Waals surface area contributed by atoms with E-state index in [-0.39, 0.29) is 23.8 Å². The van der Waals surface area contributed by atoms with Crippen molar-refractivity contribution >= 4 is 11.8 Å². The van der Waals surface area contributed by atoms with Crippen LogP contribution in [0, 0.1) is 12.8 Å². The predicted octanol–water partition coefficient (Wildman–Crippen LogP) is 2.15. The molecule has 2 aliphatic rings. The van der Waals surface area contributed by atoms with Crippen molar-refractivity contribution in [3.8, 4) is 0 Å². The second kappa shape index (κ2) is 7.34. The Hall–Kier alpha value is -1.88. The van der Waals surface area contributed by atoms with E-state index in [0.29, 0.717) is 45.7 Å². The third-order valence-electron chi connectivity index (χ3n) is 5.19. The van der Waals surface area contributed by atoms with Gasteiger partial charge in [0.1, 0.15) is 0 Å². The molecule has 2 fully saturated rings. The van der Waals surface area contributed by atoms with Gasteiger partial charge in [-0.2, -0.15) is 0 Å². The molecule has 5 nitrogen and oxygen atoms in total. The van der Waals surface area contributed by atoms with Gasteiger partial charge < -0.3 is 14.5 Å². The van der Waals surface area contributed by atoms with Crippen LogP contribution in [0.1, 0.15) is 36.9 Å². The van der Waals surface area contributed by atoms with Crippen LogP contribution in [-0.4, -0.2) is 54.5 Å². The molecule has 2 amide bonds. The van der Waals surface area contributed by atoms with Crippen LogP contribution in [0.2, 0.25) is 0 Å². The van der Waals surface area contributed by atoms with E-state index in [1.54, 1.807) is 0 Å². The summed E-state index contributed by atoms with van der Waals surface area (Å²) in [7, 11) is 0. The minimum Gasteiger partial charge on any atom is -0.378 e. The molecular weight excluding hydrogens is 304 g/mol. The standard InChI is InChI=1S/C19H26N2O3/c1-3-21-17(22)9-8-16(19(23)20-10-12-24-13-11-20)18(21)15-7-5-4-6-14(15)2/h4-7,16,18H,3,8-13H2,1-2H3/t16-,18+/m1/s1. The van der Waals surface area contributed by atoms with Gasteiger partial charge in [-0.05, 0) is 31.4 Å². The Kier molecular flexibility index (Phi) is 5.19. The number of benzene rings is 1. The number of aryl methyl sites for hydroxylation is 1. The molecule has 0 bridgehead atoms. The summed E-state index contributed by atoms with van der Waals surface area (Å²) >= 11 is 0. The van der Waals surface area contributed by atoms with Crippen LogP contribution in [0.15, 0.2) is 24.3 Å². The van der Waals surface area contributed by atoms with Gasteiger partial charge in [-0.15, -0.1) is 0 Å². The Morgan fingerprint density at radius 1 is 1.25 bits per heavy atom. The molecule has 0 saturated carbocycles. The highest BCUT2D eigenvalue weighted by molar-refractivity contribution is 5.85. The van der Waals surface area contributed by atoms with Crippen LogP contribution in [0.3, 0.4) is 0 Å². The summed E-state index contributed by atoms with van der Waals surface area (Å²) in [5.74, 6) is 0.149. The summed E-state index contributed by atoms with van der Waals surface area (Å²) in [6.45, 7) is 7.17. The highest BCUT2D eigenvalue weighted by atomic mass is 16.5. The summed E-state index contributed by atoms with van der Waals surface area (Å²) < 4.78 is 5.37. The smallest absolute Gasteiger partial charge is 0.228 e.